The molecular formula is C18H26BrN3O3. The molecule has 2 N–H and O–H groups in total. The third-order valence-corrected chi connectivity index (χ3v) is 5.48. The Hall–Kier alpha value is -1.27. The van der Waals surface area contributed by atoms with Gasteiger partial charge in [-0.1, -0.05) is 19.3 Å². The van der Waals surface area contributed by atoms with Gasteiger partial charge in [0.25, 0.3) is 0 Å². The molecule has 0 amide bonds. The Kier molecular flexibility index (Phi) is 8.03. The molecule has 2 fully saturated rings. The first kappa shape index (κ1) is 20.0. The van der Waals surface area contributed by atoms with Crippen LogP contribution in [-0.4, -0.2) is 47.5 Å². The lowest BCUT2D eigenvalue weighted by Crippen LogP contribution is -2.55. The van der Waals surface area contributed by atoms with Gasteiger partial charge in [-0.05, 0) is 53.7 Å². The monoisotopic (exact) mass is 411 g/mol. The summed E-state index contributed by atoms with van der Waals surface area (Å²) in [5.41, 5.74) is 1.14. The minimum Gasteiger partial charge on any atom is -0.390 e. The van der Waals surface area contributed by atoms with Crippen LogP contribution in [0.4, 0.5) is 5.82 Å². The normalized spacial score (nSPS) is 24.2. The quantitative estimate of drug-likeness (QED) is 0.794. The van der Waals surface area contributed by atoms with Crippen molar-refractivity contribution in [2.24, 2.45) is 0 Å². The van der Waals surface area contributed by atoms with E-state index in [0.29, 0.717) is 12.6 Å². The van der Waals surface area contributed by atoms with Gasteiger partial charge in [0.15, 0.2) is 0 Å². The molecule has 0 spiro atoms. The summed E-state index contributed by atoms with van der Waals surface area (Å²) in [4.78, 5) is 23.0. The maximum atomic E-state index is 10.5. The molecule has 3 rings (SSSR count). The number of aryl methyl sites for hydroxylation is 1. The van der Waals surface area contributed by atoms with E-state index in [2.05, 4.69) is 37.2 Å². The first-order valence-electron chi connectivity index (χ1n) is 8.85. The number of aliphatic hydroxyl groups is 1. The molecule has 7 heteroatoms. The minimum absolute atomic E-state index is 0.226. The zero-order chi connectivity index (χ0) is 18.2. The topological polar surface area (TPSA) is 82.5 Å². The Morgan fingerprint density at radius 1 is 1.28 bits per heavy atom. The van der Waals surface area contributed by atoms with Crippen molar-refractivity contribution in [2.45, 2.75) is 63.6 Å². The molecule has 1 aliphatic carbocycles. The highest BCUT2D eigenvalue weighted by Gasteiger charge is 2.30. The van der Waals surface area contributed by atoms with Crippen molar-refractivity contribution in [1.29, 1.82) is 0 Å². The van der Waals surface area contributed by atoms with Crippen molar-refractivity contribution >= 4 is 27.9 Å². The van der Waals surface area contributed by atoms with E-state index in [0.717, 1.165) is 28.8 Å². The second-order valence-electron chi connectivity index (χ2n) is 6.81. The van der Waals surface area contributed by atoms with Crippen molar-refractivity contribution < 1.29 is 14.7 Å². The van der Waals surface area contributed by atoms with Gasteiger partial charge < -0.3 is 15.3 Å². The number of aliphatic hydroxyl groups excluding tert-OH is 1. The second kappa shape index (κ2) is 10.0. The van der Waals surface area contributed by atoms with Crippen LogP contribution in [0.5, 0.6) is 0 Å². The Balaban J connectivity index is 0.000000701. The predicted octanol–water partition coefficient (Wildman–Crippen LogP) is 2.43. The number of pyridine rings is 1. The smallest absolute Gasteiger partial charge is 0.373 e. The summed E-state index contributed by atoms with van der Waals surface area (Å²) < 4.78 is 1.01. The lowest BCUT2D eigenvalue weighted by Gasteiger charge is -2.39. The van der Waals surface area contributed by atoms with Gasteiger partial charge in [0, 0.05) is 31.4 Å². The number of nitrogens with zero attached hydrogens (tertiary/aromatic N) is 2. The molecule has 6 nitrogen and oxygen atoms in total. The molecule has 1 aromatic heterocycles. The van der Waals surface area contributed by atoms with E-state index in [1.54, 1.807) is 0 Å². The number of halogens is 1. The fourth-order valence-corrected chi connectivity index (χ4v) is 4.36. The Morgan fingerprint density at radius 2 is 1.96 bits per heavy atom. The van der Waals surface area contributed by atoms with Crippen LogP contribution in [0.2, 0.25) is 0 Å². The van der Waals surface area contributed by atoms with Crippen molar-refractivity contribution in [3.8, 4) is 0 Å². The molecule has 2 aliphatic rings. The second-order valence-corrected chi connectivity index (χ2v) is 7.67. The zero-order valence-electron chi connectivity index (χ0n) is 14.6. The maximum absolute atomic E-state index is 10.5. The molecule has 1 saturated carbocycles. The summed E-state index contributed by atoms with van der Waals surface area (Å²) >= 11 is 3.60. The van der Waals surface area contributed by atoms with E-state index in [1.165, 1.54) is 32.1 Å². The fourth-order valence-electron chi connectivity index (χ4n) is 3.65. The molecule has 2 atom stereocenters. The highest BCUT2D eigenvalue weighted by atomic mass is 79.9. The number of nitrogens with one attached hydrogen (secondary N) is 1. The van der Waals surface area contributed by atoms with E-state index < -0.39 is 0 Å². The van der Waals surface area contributed by atoms with Crippen LogP contribution < -0.4 is 10.2 Å². The lowest BCUT2D eigenvalue weighted by atomic mass is 9.93. The van der Waals surface area contributed by atoms with E-state index >= 15 is 0 Å². The number of anilines is 1. The third-order valence-electron chi connectivity index (χ3n) is 4.89. The number of hydrogen-bond donors (Lipinski definition) is 2. The lowest BCUT2D eigenvalue weighted by molar-refractivity contribution is -0.191. The number of rotatable bonds is 3. The van der Waals surface area contributed by atoms with E-state index in [1.807, 2.05) is 13.1 Å². The van der Waals surface area contributed by atoms with Crippen LogP contribution in [0.25, 0.3) is 0 Å². The molecule has 1 aromatic rings. The largest absolute Gasteiger partial charge is 0.390 e. The minimum atomic E-state index is -0.328. The van der Waals surface area contributed by atoms with Crippen LogP contribution in [0, 0.1) is 6.92 Å². The molecule has 2 heterocycles. The third kappa shape index (κ3) is 5.89. The van der Waals surface area contributed by atoms with Gasteiger partial charge in [-0.3, -0.25) is 0 Å². The van der Waals surface area contributed by atoms with Gasteiger partial charge in [0.2, 0.25) is 0 Å². The highest BCUT2D eigenvalue weighted by molar-refractivity contribution is 9.10. The number of piperidine rings is 1. The van der Waals surface area contributed by atoms with Gasteiger partial charge in [-0.25, -0.2) is 4.98 Å². The van der Waals surface area contributed by atoms with Gasteiger partial charge >= 0.3 is 6.15 Å². The van der Waals surface area contributed by atoms with E-state index in [4.69, 9.17) is 9.59 Å². The van der Waals surface area contributed by atoms with Gasteiger partial charge in [-0.2, -0.15) is 9.59 Å². The standard InChI is InChI=1S/C17H26BrN3O.CO2/c1-12-9-14(18)17(19-10-12)21-8-7-15(16(22)11-21)20-13-5-3-2-4-6-13;2-1-3/h9-10,13,15-16,20,22H,2-8,11H2,1H3;. The zero-order valence-corrected chi connectivity index (χ0v) is 16.2. The summed E-state index contributed by atoms with van der Waals surface area (Å²) in [5.74, 6) is 0.945. The van der Waals surface area contributed by atoms with Gasteiger partial charge in [-0.15, -0.1) is 0 Å². The van der Waals surface area contributed by atoms with Crippen LogP contribution in [0.15, 0.2) is 16.7 Å². The van der Waals surface area contributed by atoms with Crippen molar-refractivity contribution in [1.82, 2.24) is 10.3 Å². The fraction of sp³-hybridized carbons (Fsp3) is 0.667. The van der Waals surface area contributed by atoms with Crippen LogP contribution in [0.1, 0.15) is 44.1 Å². The summed E-state index contributed by atoms with van der Waals surface area (Å²) in [5, 5.41) is 14.2. The highest BCUT2D eigenvalue weighted by Crippen LogP contribution is 2.28. The number of β-amino-alcohol motifs (C(OH)–C–C–N with tert-alkyl or cyclic N) is 1. The average molecular weight is 412 g/mol. The molecule has 138 valence electrons. The van der Waals surface area contributed by atoms with Gasteiger partial charge in [0.05, 0.1) is 10.6 Å². The molecule has 0 bridgehead atoms. The van der Waals surface area contributed by atoms with Crippen molar-refractivity contribution in [2.75, 3.05) is 18.0 Å². The number of aromatic nitrogens is 1. The number of carbonyl (C=O) groups excluding carboxylic acids is 2. The first-order valence-corrected chi connectivity index (χ1v) is 9.65. The van der Waals surface area contributed by atoms with Crippen LogP contribution in [0.3, 0.4) is 0 Å². The van der Waals surface area contributed by atoms with Crippen molar-refractivity contribution in [3.05, 3.63) is 22.3 Å². The summed E-state index contributed by atoms with van der Waals surface area (Å²) in [6.45, 7) is 3.63. The Bertz CT molecular complexity index is 587. The molecule has 0 aromatic carbocycles. The van der Waals surface area contributed by atoms with E-state index in [9.17, 15) is 5.11 Å². The molecule has 1 aliphatic heterocycles. The Labute approximate surface area is 157 Å². The molecular weight excluding hydrogens is 386 g/mol. The van der Waals surface area contributed by atoms with Crippen LogP contribution >= 0.6 is 15.9 Å². The van der Waals surface area contributed by atoms with Crippen molar-refractivity contribution in [3.63, 3.8) is 0 Å². The summed E-state index contributed by atoms with van der Waals surface area (Å²) in [6, 6.07) is 2.91. The number of hydrogen-bond acceptors (Lipinski definition) is 6. The van der Waals surface area contributed by atoms with E-state index in [-0.39, 0.29) is 18.3 Å². The molecule has 1 saturated heterocycles. The molecule has 2 unspecified atom stereocenters. The molecule has 25 heavy (non-hydrogen) atoms. The van der Waals surface area contributed by atoms with Crippen LogP contribution in [-0.2, 0) is 9.59 Å². The summed E-state index contributed by atoms with van der Waals surface area (Å²) in [6.07, 6.45) is 9.33. The molecule has 0 radical (unpaired) electrons. The first-order chi connectivity index (χ1) is 12.0. The maximum Gasteiger partial charge on any atom is 0.373 e. The average Bonchev–Trinajstić information content (AvgIpc) is 2.58. The SMILES string of the molecule is Cc1cnc(N2CCC(NC3CCCCC3)C(O)C2)c(Br)c1.O=C=O. The van der Waals surface area contributed by atoms with Gasteiger partial charge in [0.1, 0.15) is 5.82 Å². The predicted molar refractivity (Wildman–Crippen MR) is 98.3 cm³/mol. The summed E-state index contributed by atoms with van der Waals surface area (Å²) in [7, 11) is 0. The Morgan fingerprint density at radius 3 is 2.56 bits per heavy atom.